The Bertz CT molecular complexity index is 1010. The minimum absolute atomic E-state index is 0.0679. The van der Waals surface area contributed by atoms with Crippen molar-refractivity contribution in [2.75, 3.05) is 14.2 Å². The van der Waals surface area contributed by atoms with Gasteiger partial charge in [0, 0.05) is 23.8 Å². The molecule has 0 saturated heterocycles. The Kier molecular flexibility index (Phi) is 5.91. The SMILES string of the molecule is COc1ccc(C(C#CC(c2ccc(OC)cc2)c2ccc[nH]2)c2ccc[nH]2)cc1. The second-order valence-electron chi connectivity index (χ2n) is 6.95. The van der Waals surface area contributed by atoms with Crippen LogP contribution in [0, 0.1) is 11.8 Å². The number of hydrogen-bond donors (Lipinski definition) is 2. The monoisotopic (exact) mass is 396 g/mol. The van der Waals surface area contributed by atoms with Crippen molar-refractivity contribution in [3.8, 4) is 23.3 Å². The van der Waals surface area contributed by atoms with E-state index >= 15 is 0 Å². The van der Waals surface area contributed by atoms with Crippen LogP contribution in [0.5, 0.6) is 11.5 Å². The first-order valence-corrected chi connectivity index (χ1v) is 9.84. The molecule has 0 aliphatic heterocycles. The summed E-state index contributed by atoms with van der Waals surface area (Å²) in [6.07, 6.45) is 3.86. The Morgan fingerprint density at radius 3 is 1.30 bits per heavy atom. The van der Waals surface area contributed by atoms with Gasteiger partial charge in [0.25, 0.3) is 0 Å². The molecule has 2 heterocycles. The van der Waals surface area contributed by atoms with Crippen molar-refractivity contribution in [3.05, 3.63) is 108 Å². The summed E-state index contributed by atoms with van der Waals surface area (Å²) in [4.78, 5) is 6.64. The molecule has 150 valence electrons. The lowest BCUT2D eigenvalue weighted by Gasteiger charge is -2.13. The maximum atomic E-state index is 5.31. The van der Waals surface area contributed by atoms with Crippen molar-refractivity contribution < 1.29 is 9.47 Å². The molecular weight excluding hydrogens is 372 g/mol. The highest BCUT2D eigenvalue weighted by Gasteiger charge is 2.16. The third kappa shape index (κ3) is 4.26. The van der Waals surface area contributed by atoms with Gasteiger partial charge < -0.3 is 19.4 Å². The van der Waals surface area contributed by atoms with Crippen LogP contribution in [0.15, 0.2) is 85.2 Å². The van der Waals surface area contributed by atoms with E-state index in [0.717, 1.165) is 34.0 Å². The van der Waals surface area contributed by atoms with Crippen molar-refractivity contribution in [3.63, 3.8) is 0 Å². The van der Waals surface area contributed by atoms with Crippen LogP contribution in [0.25, 0.3) is 0 Å². The topological polar surface area (TPSA) is 50.0 Å². The molecule has 4 heteroatoms. The summed E-state index contributed by atoms with van der Waals surface area (Å²) < 4.78 is 10.6. The number of nitrogens with one attached hydrogen (secondary N) is 2. The maximum Gasteiger partial charge on any atom is 0.118 e. The molecule has 2 unspecified atom stereocenters. The molecule has 0 aliphatic rings. The first-order chi connectivity index (χ1) is 14.8. The van der Waals surface area contributed by atoms with E-state index in [1.807, 2.05) is 48.8 Å². The van der Waals surface area contributed by atoms with E-state index < -0.39 is 0 Å². The highest BCUT2D eigenvalue weighted by Crippen LogP contribution is 2.28. The molecule has 2 aromatic carbocycles. The van der Waals surface area contributed by atoms with Crippen molar-refractivity contribution in [2.45, 2.75) is 11.8 Å². The average Bonchev–Trinajstić information content (AvgIpc) is 3.52. The minimum atomic E-state index is -0.0679. The van der Waals surface area contributed by atoms with Gasteiger partial charge in [-0.1, -0.05) is 36.1 Å². The van der Waals surface area contributed by atoms with Gasteiger partial charge in [0.05, 0.1) is 26.1 Å². The summed E-state index contributed by atoms with van der Waals surface area (Å²) >= 11 is 0. The highest BCUT2D eigenvalue weighted by atomic mass is 16.5. The number of ether oxygens (including phenoxy) is 2. The summed E-state index contributed by atoms with van der Waals surface area (Å²) in [5, 5.41) is 0. The zero-order chi connectivity index (χ0) is 20.8. The zero-order valence-electron chi connectivity index (χ0n) is 17.1. The number of methoxy groups -OCH3 is 2. The molecule has 0 spiro atoms. The number of aromatic nitrogens is 2. The van der Waals surface area contributed by atoms with E-state index in [1.54, 1.807) is 14.2 Å². The van der Waals surface area contributed by atoms with Crippen LogP contribution in [0.1, 0.15) is 34.4 Å². The Hall–Kier alpha value is -3.84. The fourth-order valence-electron chi connectivity index (χ4n) is 3.49. The van der Waals surface area contributed by atoms with Crippen LogP contribution in [-0.4, -0.2) is 24.2 Å². The largest absolute Gasteiger partial charge is 0.497 e. The van der Waals surface area contributed by atoms with E-state index in [4.69, 9.17) is 9.47 Å². The molecule has 0 bridgehead atoms. The third-order valence-corrected chi connectivity index (χ3v) is 5.14. The van der Waals surface area contributed by atoms with Gasteiger partial charge in [-0.05, 0) is 59.7 Å². The molecule has 2 atom stereocenters. The van der Waals surface area contributed by atoms with Gasteiger partial charge in [-0.15, -0.1) is 0 Å². The van der Waals surface area contributed by atoms with Crippen molar-refractivity contribution in [1.82, 2.24) is 9.97 Å². The van der Waals surface area contributed by atoms with Crippen molar-refractivity contribution in [2.24, 2.45) is 0 Å². The fraction of sp³-hybridized carbons (Fsp3) is 0.154. The number of aromatic amines is 2. The Balaban J connectivity index is 1.73. The van der Waals surface area contributed by atoms with E-state index in [1.165, 1.54) is 0 Å². The second kappa shape index (κ2) is 9.11. The molecular formula is C26H24N2O2. The summed E-state index contributed by atoms with van der Waals surface area (Å²) in [6.45, 7) is 0. The smallest absolute Gasteiger partial charge is 0.118 e. The van der Waals surface area contributed by atoms with Gasteiger partial charge >= 0.3 is 0 Å². The molecule has 0 aliphatic carbocycles. The number of hydrogen-bond acceptors (Lipinski definition) is 2. The summed E-state index contributed by atoms with van der Waals surface area (Å²) in [7, 11) is 3.35. The normalized spacial score (nSPS) is 12.5. The van der Waals surface area contributed by atoms with Crippen LogP contribution < -0.4 is 9.47 Å². The number of benzene rings is 2. The quantitative estimate of drug-likeness (QED) is 0.433. The second-order valence-corrected chi connectivity index (χ2v) is 6.95. The Morgan fingerprint density at radius 1 is 0.600 bits per heavy atom. The summed E-state index contributed by atoms with van der Waals surface area (Å²) in [5.74, 6) is 8.57. The molecule has 30 heavy (non-hydrogen) atoms. The first-order valence-electron chi connectivity index (χ1n) is 9.84. The van der Waals surface area contributed by atoms with Gasteiger partial charge in [0.1, 0.15) is 11.5 Å². The van der Waals surface area contributed by atoms with Crippen molar-refractivity contribution >= 4 is 0 Å². The molecule has 2 N–H and O–H groups in total. The summed E-state index contributed by atoms with van der Waals surface area (Å²) in [6, 6.07) is 24.3. The van der Waals surface area contributed by atoms with Crippen LogP contribution in [0.4, 0.5) is 0 Å². The third-order valence-electron chi connectivity index (χ3n) is 5.14. The van der Waals surface area contributed by atoms with Gasteiger partial charge in [-0.3, -0.25) is 0 Å². The predicted octanol–water partition coefficient (Wildman–Crippen LogP) is 5.33. The zero-order valence-corrected chi connectivity index (χ0v) is 17.1. The standard InChI is InChI=1S/C26H24N2O2/c1-29-21-11-7-19(8-12-21)23(25-5-3-17-27-25)15-16-24(26-6-4-18-28-26)20-9-13-22(30-2)14-10-20/h3-14,17-18,23-24,27-28H,1-2H3. The molecule has 4 nitrogen and oxygen atoms in total. The highest BCUT2D eigenvalue weighted by molar-refractivity contribution is 5.45. The minimum Gasteiger partial charge on any atom is -0.497 e. The van der Waals surface area contributed by atoms with Crippen LogP contribution in [0.2, 0.25) is 0 Å². The lowest BCUT2D eigenvalue weighted by molar-refractivity contribution is 0.414. The van der Waals surface area contributed by atoms with Crippen LogP contribution in [-0.2, 0) is 0 Å². The van der Waals surface area contributed by atoms with Gasteiger partial charge in [-0.2, -0.15) is 0 Å². The van der Waals surface area contributed by atoms with E-state index in [2.05, 4.69) is 58.2 Å². The maximum absolute atomic E-state index is 5.31. The van der Waals surface area contributed by atoms with Gasteiger partial charge in [0.15, 0.2) is 0 Å². The van der Waals surface area contributed by atoms with Crippen LogP contribution >= 0.6 is 0 Å². The predicted molar refractivity (Wildman–Crippen MR) is 119 cm³/mol. The molecule has 0 radical (unpaired) electrons. The molecule has 0 amide bonds. The number of H-pyrrole nitrogens is 2. The first kappa shape index (κ1) is 19.5. The fourth-order valence-corrected chi connectivity index (χ4v) is 3.49. The van der Waals surface area contributed by atoms with E-state index in [0.29, 0.717) is 0 Å². The lowest BCUT2D eigenvalue weighted by atomic mass is 9.92. The molecule has 0 saturated carbocycles. The van der Waals surface area contributed by atoms with E-state index in [-0.39, 0.29) is 11.8 Å². The van der Waals surface area contributed by atoms with E-state index in [9.17, 15) is 0 Å². The van der Waals surface area contributed by atoms with Crippen LogP contribution in [0.3, 0.4) is 0 Å². The molecule has 4 aromatic rings. The van der Waals surface area contributed by atoms with Gasteiger partial charge in [-0.25, -0.2) is 0 Å². The Morgan fingerprint density at radius 2 is 1.00 bits per heavy atom. The molecule has 4 rings (SSSR count). The lowest BCUT2D eigenvalue weighted by Crippen LogP contribution is -2.03. The molecule has 2 aromatic heterocycles. The average molecular weight is 396 g/mol. The van der Waals surface area contributed by atoms with Crippen molar-refractivity contribution in [1.29, 1.82) is 0 Å². The van der Waals surface area contributed by atoms with Gasteiger partial charge in [0.2, 0.25) is 0 Å². The number of rotatable bonds is 6. The molecule has 0 fully saturated rings. The summed E-state index contributed by atoms with van der Waals surface area (Å²) in [5.41, 5.74) is 4.36. The Labute approximate surface area is 176 Å².